The Morgan fingerprint density at radius 1 is 0.971 bits per heavy atom. The fourth-order valence-electron chi connectivity index (χ4n) is 3.86. The van der Waals surface area contributed by atoms with Crippen LogP contribution in [0.15, 0.2) is 83.3 Å². The third kappa shape index (κ3) is 8.55. The van der Waals surface area contributed by atoms with E-state index in [9.17, 15) is 9.59 Å². The van der Waals surface area contributed by atoms with Gasteiger partial charge in [-0.2, -0.15) is 0 Å². The molecule has 3 rings (SSSR count). The van der Waals surface area contributed by atoms with Crippen LogP contribution in [0.3, 0.4) is 0 Å². The number of carbonyl (C=O) groups excluding carboxylic acids is 2. The summed E-state index contributed by atoms with van der Waals surface area (Å²) in [5, 5.41) is 3.03. The zero-order valence-corrected chi connectivity index (χ0v) is 22.8. The van der Waals surface area contributed by atoms with Crippen LogP contribution in [0, 0.1) is 6.92 Å². The van der Waals surface area contributed by atoms with Crippen LogP contribution < -0.4 is 5.32 Å². The van der Waals surface area contributed by atoms with E-state index in [0.29, 0.717) is 25.3 Å². The van der Waals surface area contributed by atoms with E-state index in [0.717, 1.165) is 27.8 Å². The smallest absolute Gasteiger partial charge is 0.243 e. The van der Waals surface area contributed by atoms with Crippen molar-refractivity contribution in [3.8, 4) is 0 Å². The summed E-state index contributed by atoms with van der Waals surface area (Å²) in [5.41, 5.74) is 4.46. The van der Waals surface area contributed by atoms with Crippen molar-refractivity contribution in [1.29, 1.82) is 0 Å². The number of benzene rings is 3. The SMILES string of the molecule is CCCNC(=O)[C@@H](Cc1ccccc1)N(Cc1cccc(Br)c1)C(=O)CSCc1ccccc1C. The molecule has 0 bridgehead atoms. The lowest BCUT2D eigenvalue weighted by atomic mass is 10.0. The maximum Gasteiger partial charge on any atom is 0.243 e. The summed E-state index contributed by atoms with van der Waals surface area (Å²) >= 11 is 5.12. The second-order valence-corrected chi connectivity index (χ2v) is 10.5. The number of thioether (sulfide) groups is 1. The fourth-order valence-corrected chi connectivity index (χ4v) is 5.29. The van der Waals surface area contributed by atoms with E-state index in [-0.39, 0.29) is 11.8 Å². The van der Waals surface area contributed by atoms with Gasteiger partial charge in [-0.15, -0.1) is 11.8 Å². The van der Waals surface area contributed by atoms with Crippen LogP contribution in [0.4, 0.5) is 0 Å². The first-order chi connectivity index (χ1) is 17.0. The summed E-state index contributed by atoms with van der Waals surface area (Å²) in [6.45, 7) is 5.08. The first-order valence-corrected chi connectivity index (χ1v) is 13.9. The van der Waals surface area contributed by atoms with Crippen LogP contribution in [-0.2, 0) is 28.3 Å². The Kier molecular flexibility index (Phi) is 10.9. The normalized spacial score (nSPS) is 11.6. The lowest BCUT2D eigenvalue weighted by molar-refractivity contribution is -0.139. The van der Waals surface area contributed by atoms with Crippen molar-refractivity contribution >= 4 is 39.5 Å². The van der Waals surface area contributed by atoms with Crippen molar-refractivity contribution in [2.75, 3.05) is 12.3 Å². The average Bonchev–Trinajstić information content (AvgIpc) is 2.86. The largest absolute Gasteiger partial charge is 0.354 e. The molecule has 0 fully saturated rings. The summed E-state index contributed by atoms with van der Waals surface area (Å²) in [6.07, 6.45) is 1.31. The van der Waals surface area contributed by atoms with Gasteiger partial charge in [0.2, 0.25) is 11.8 Å². The molecule has 1 atom stereocenters. The van der Waals surface area contributed by atoms with Gasteiger partial charge in [-0.05, 0) is 47.7 Å². The summed E-state index contributed by atoms with van der Waals surface area (Å²) in [4.78, 5) is 28.7. The number of rotatable bonds is 12. The maximum atomic E-state index is 13.6. The lowest BCUT2D eigenvalue weighted by Crippen LogP contribution is -2.51. The Bertz CT molecular complexity index is 1110. The van der Waals surface area contributed by atoms with E-state index in [4.69, 9.17) is 0 Å². The van der Waals surface area contributed by atoms with Gasteiger partial charge in [0.25, 0.3) is 0 Å². The molecule has 0 aromatic heterocycles. The van der Waals surface area contributed by atoms with E-state index < -0.39 is 6.04 Å². The first kappa shape index (κ1) is 27.0. The highest BCUT2D eigenvalue weighted by molar-refractivity contribution is 9.10. The Balaban J connectivity index is 1.84. The first-order valence-electron chi connectivity index (χ1n) is 12.0. The molecule has 0 aliphatic heterocycles. The van der Waals surface area contributed by atoms with Gasteiger partial charge in [0.1, 0.15) is 6.04 Å². The Morgan fingerprint density at radius 3 is 2.40 bits per heavy atom. The Morgan fingerprint density at radius 2 is 1.69 bits per heavy atom. The molecule has 3 aromatic rings. The van der Waals surface area contributed by atoms with E-state index >= 15 is 0 Å². The number of hydrogen-bond donors (Lipinski definition) is 1. The highest BCUT2D eigenvalue weighted by Gasteiger charge is 2.30. The van der Waals surface area contributed by atoms with E-state index in [1.807, 2.05) is 73.7 Å². The van der Waals surface area contributed by atoms with Gasteiger partial charge in [0.15, 0.2) is 0 Å². The van der Waals surface area contributed by atoms with E-state index in [2.05, 4.69) is 40.3 Å². The van der Waals surface area contributed by atoms with Gasteiger partial charge in [0.05, 0.1) is 5.75 Å². The summed E-state index contributed by atoms with van der Waals surface area (Å²) in [6, 6.07) is 25.5. The lowest BCUT2D eigenvalue weighted by Gasteiger charge is -2.31. The van der Waals surface area contributed by atoms with Gasteiger partial charge >= 0.3 is 0 Å². The minimum Gasteiger partial charge on any atom is -0.354 e. The highest BCUT2D eigenvalue weighted by Crippen LogP contribution is 2.21. The van der Waals surface area contributed by atoms with E-state index in [1.165, 1.54) is 11.1 Å². The van der Waals surface area contributed by atoms with Gasteiger partial charge in [-0.25, -0.2) is 0 Å². The average molecular weight is 554 g/mol. The number of halogens is 1. The fraction of sp³-hybridized carbons (Fsp3) is 0.310. The van der Waals surface area contributed by atoms with Crippen molar-refractivity contribution in [1.82, 2.24) is 10.2 Å². The number of nitrogens with zero attached hydrogens (tertiary/aromatic N) is 1. The molecule has 0 radical (unpaired) electrons. The Labute approximate surface area is 221 Å². The molecule has 4 nitrogen and oxygen atoms in total. The van der Waals surface area contributed by atoms with Crippen molar-refractivity contribution < 1.29 is 9.59 Å². The van der Waals surface area contributed by atoms with Gasteiger partial charge < -0.3 is 10.2 Å². The van der Waals surface area contributed by atoms with Gasteiger partial charge in [0, 0.05) is 29.7 Å². The molecule has 0 heterocycles. The van der Waals surface area contributed by atoms with Gasteiger partial charge in [-0.3, -0.25) is 9.59 Å². The zero-order chi connectivity index (χ0) is 25.0. The van der Waals surface area contributed by atoms with Crippen LogP contribution in [0.1, 0.15) is 35.6 Å². The van der Waals surface area contributed by atoms with Crippen molar-refractivity contribution in [2.24, 2.45) is 0 Å². The molecular weight excluding hydrogens is 520 g/mol. The summed E-state index contributed by atoms with van der Waals surface area (Å²) in [5.74, 6) is 0.933. The predicted molar refractivity (Wildman–Crippen MR) is 149 cm³/mol. The number of nitrogens with one attached hydrogen (secondary N) is 1. The second-order valence-electron chi connectivity index (χ2n) is 8.57. The van der Waals surface area contributed by atoms with Crippen LogP contribution in [0.25, 0.3) is 0 Å². The quantitative estimate of drug-likeness (QED) is 0.293. The van der Waals surface area contributed by atoms with Crippen LogP contribution in [0.5, 0.6) is 0 Å². The summed E-state index contributed by atoms with van der Waals surface area (Å²) in [7, 11) is 0. The van der Waals surface area contributed by atoms with Crippen molar-refractivity contribution in [2.45, 2.75) is 45.0 Å². The topological polar surface area (TPSA) is 49.4 Å². The van der Waals surface area contributed by atoms with E-state index in [1.54, 1.807) is 16.7 Å². The minimum absolute atomic E-state index is 0.0314. The third-order valence-corrected chi connectivity index (χ3v) is 7.27. The Hall–Kier alpha value is -2.57. The standard InChI is InChI=1S/C29H33BrN2O2S/c1-3-16-31-29(34)27(18-23-11-5-4-6-12-23)32(19-24-13-9-15-26(30)17-24)28(33)21-35-20-25-14-8-7-10-22(25)2/h4-15,17,27H,3,16,18-21H2,1-2H3,(H,31,34)/t27-/m1/s1. The number of carbonyl (C=O) groups is 2. The molecule has 35 heavy (non-hydrogen) atoms. The maximum absolute atomic E-state index is 13.6. The summed E-state index contributed by atoms with van der Waals surface area (Å²) < 4.78 is 0.950. The number of amides is 2. The third-order valence-electron chi connectivity index (χ3n) is 5.81. The van der Waals surface area contributed by atoms with Crippen molar-refractivity contribution in [3.63, 3.8) is 0 Å². The molecule has 0 unspecified atom stereocenters. The predicted octanol–water partition coefficient (Wildman–Crippen LogP) is 6.16. The monoisotopic (exact) mass is 552 g/mol. The number of hydrogen-bond acceptors (Lipinski definition) is 3. The molecule has 0 saturated carbocycles. The van der Waals surface area contributed by atoms with Crippen molar-refractivity contribution in [3.05, 3.63) is 106 Å². The van der Waals surface area contributed by atoms with Crippen LogP contribution in [-0.4, -0.2) is 35.1 Å². The molecule has 6 heteroatoms. The molecule has 0 saturated heterocycles. The highest BCUT2D eigenvalue weighted by atomic mass is 79.9. The minimum atomic E-state index is -0.588. The molecule has 184 valence electrons. The van der Waals surface area contributed by atoms with Crippen LogP contribution in [0.2, 0.25) is 0 Å². The number of aryl methyl sites for hydroxylation is 1. The molecule has 1 N–H and O–H groups in total. The zero-order valence-electron chi connectivity index (χ0n) is 20.4. The molecular formula is C29H33BrN2O2S. The van der Waals surface area contributed by atoms with Crippen LogP contribution >= 0.6 is 27.7 Å². The van der Waals surface area contributed by atoms with Gasteiger partial charge in [-0.1, -0.05) is 89.6 Å². The molecule has 0 aliphatic rings. The second kappa shape index (κ2) is 14.1. The molecule has 3 aromatic carbocycles. The molecule has 2 amide bonds. The molecule has 0 aliphatic carbocycles. The molecule has 0 spiro atoms.